The lowest BCUT2D eigenvalue weighted by Crippen LogP contribution is -2.62. The fourth-order valence-electron chi connectivity index (χ4n) is 7.19. The first-order chi connectivity index (χ1) is 22.7. The summed E-state index contributed by atoms with van der Waals surface area (Å²) in [7, 11) is 0. The van der Waals surface area contributed by atoms with Crippen LogP contribution in [0.25, 0.3) is 11.1 Å². The number of nitrogens with zero attached hydrogens (tertiary/aromatic N) is 7. The molecule has 3 aromatic rings. The van der Waals surface area contributed by atoms with Crippen LogP contribution in [0.2, 0.25) is 0 Å². The Balaban J connectivity index is 1.11. The Morgan fingerprint density at radius 2 is 1.85 bits per heavy atom. The van der Waals surface area contributed by atoms with E-state index in [0.717, 1.165) is 69.5 Å². The maximum atomic E-state index is 14.6. The number of carbonyl (C=O) groups is 1. The van der Waals surface area contributed by atoms with Crippen molar-refractivity contribution in [1.29, 1.82) is 0 Å². The van der Waals surface area contributed by atoms with Crippen LogP contribution in [0.1, 0.15) is 92.2 Å². The standard InChI is InChI=1S/C36H49FN8O3/c1-23(2)28(12-13-35(6,7)42-33(46)48-34(3,4)5)45-19-36(20-45)14-15-44(18-36)31-32(43-41-22-40-31)47-29-11-10-25(37)16-26(29)27-17-38-21-39-30(27)24-8-9-24/h10-11,16-17,21-24,28H,8-9,12-15,18-20H2,1-7H3,(H,42,46)/t28-/m1/s1. The second-order valence-electron chi connectivity index (χ2n) is 15.9. The molecule has 0 unspecified atom stereocenters. The maximum absolute atomic E-state index is 14.6. The first kappa shape index (κ1) is 34.0. The Bertz CT molecular complexity index is 1620. The van der Waals surface area contributed by atoms with Gasteiger partial charge in [-0.15, -0.1) is 10.2 Å². The maximum Gasteiger partial charge on any atom is 0.408 e. The van der Waals surface area contributed by atoms with Crippen LogP contribution in [-0.2, 0) is 4.74 Å². The van der Waals surface area contributed by atoms with Gasteiger partial charge in [-0.3, -0.25) is 4.90 Å². The molecule has 48 heavy (non-hydrogen) atoms. The summed E-state index contributed by atoms with van der Waals surface area (Å²) in [6.45, 7) is 18.0. The van der Waals surface area contributed by atoms with Crippen molar-refractivity contribution in [3.63, 3.8) is 0 Å². The highest BCUT2D eigenvalue weighted by molar-refractivity contribution is 5.73. The first-order valence-electron chi connectivity index (χ1n) is 17.2. The largest absolute Gasteiger partial charge is 0.444 e. The third-order valence-electron chi connectivity index (χ3n) is 9.67. The fourth-order valence-corrected chi connectivity index (χ4v) is 7.19. The molecule has 1 amide bonds. The molecule has 0 bridgehead atoms. The molecule has 3 fully saturated rings. The number of hydrogen-bond donors (Lipinski definition) is 1. The molecule has 1 spiro atoms. The van der Waals surface area contributed by atoms with Crippen LogP contribution in [-0.4, -0.2) is 79.5 Å². The summed E-state index contributed by atoms with van der Waals surface area (Å²) in [6.07, 6.45) is 9.32. The van der Waals surface area contributed by atoms with Gasteiger partial charge in [0.1, 0.15) is 29.8 Å². The molecule has 1 aliphatic carbocycles. The van der Waals surface area contributed by atoms with E-state index in [-0.39, 0.29) is 22.9 Å². The van der Waals surface area contributed by atoms with Gasteiger partial charge >= 0.3 is 6.09 Å². The van der Waals surface area contributed by atoms with Crippen LogP contribution >= 0.6 is 0 Å². The second kappa shape index (κ2) is 13.2. The number of carbonyl (C=O) groups excluding carboxylic acids is 1. The molecule has 12 heteroatoms. The van der Waals surface area contributed by atoms with Crippen LogP contribution in [0.4, 0.5) is 15.0 Å². The summed E-state index contributed by atoms with van der Waals surface area (Å²) in [5.74, 6) is 1.86. The molecular formula is C36H49FN8O3. The predicted molar refractivity (Wildman–Crippen MR) is 181 cm³/mol. The molecule has 1 N–H and O–H groups in total. The zero-order chi connectivity index (χ0) is 34.3. The number of aromatic nitrogens is 5. The Kier molecular flexibility index (Phi) is 9.32. The van der Waals surface area contributed by atoms with Crippen LogP contribution in [0, 0.1) is 17.2 Å². The number of benzene rings is 1. The lowest BCUT2D eigenvalue weighted by molar-refractivity contribution is -0.0357. The van der Waals surface area contributed by atoms with Gasteiger partial charge in [-0.25, -0.2) is 24.1 Å². The van der Waals surface area contributed by atoms with Crippen molar-refractivity contribution >= 4 is 11.9 Å². The van der Waals surface area contributed by atoms with E-state index in [0.29, 0.717) is 40.9 Å². The zero-order valence-electron chi connectivity index (χ0n) is 29.3. The summed E-state index contributed by atoms with van der Waals surface area (Å²) in [5, 5.41) is 11.4. The Labute approximate surface area is 283 Å². The van der Waals surface area contributed by atoms with Crippen LogP contribution < -0.4 is 15.0 Å². The van der Waals surface area contributed by atoms with Crippen molar-refractivity contribution in [3.05, 3.63) is 48.6 Å². The van der Waals surface area contributed by atoms with Crippen molar-refractivity contribution in [2.45, 2.75) is 104 Å². The summed E-state index contributed by atoms with van der Waals surface area (Å²) in [4.78, 5) is 30.6. The molecule has 0 radical (unpaired) electrons. The molecule has 1 saturated carbocycles. The minimum absolute atomic E-state index is 0.154. The highest BCUT2D eigenvalue weighted by atomic mass is 19.1. The van der Waals surface area contributed by atoms with Gasteiger partial charge < -0.3 is 19.7 Å². The number of anilines is 1. The average molecular weight is 661 g/mol. The normalized spacial score (nSPS) is 18.6. The lowest BCUT2D eigenvalue weighted by atomic mass is 9.76. The molecule has 6 rings (SSSR count). The molecule has 2 saturated heterocycles. The Morgan fingerprint density at radius 1 is 1.08 bits per heavy atom. The minimum Gasteiger partial charge on any atom is -0.444 e. The number of likely N-dealkylation sites (tertiary alicyclic amines) is 1. The fraction of sp³-hybridized carbons (Fsp3) is 0.611. The van der Waals surface area contributed by atoms with Crippen molar-refractivity contribution in [1.82, 2.24) is 35.4 Å². The van der Waals surface area contributed by atoms with E-state index >= 15 is 0 Å². The molecule has 2 aromatic heterocycles. The van der Waals surface area contributed by atoms with E-state index in [1.165, 1.54) is 18.5 Å². The zero-order valence-corrected chi connectivity index (χ0v) is 29.3. The van der Waals surface area contributed by atoms with Crippen molar-refractivity contribution < 1.29 is 18.7 Å². The number of amides is 1. The van der Waals surface area contributed by atoms with E-state index < -0.39 is 5.60 Å². The Morgan fingerprint density at radius 3 is 2.56 bits per heavy atom. The van der Waals surface area contributed by atoms with Crippen LogP contribution in [0.5, 0.6) is 11.6 Å². The molecule has 258 valence electrons. The van der Waals surface area contributed by atoms with Crippen LogP contribution in [0.3, 0.4) is 0 Å². The van der Waals surface area contributed by atoms with Gasteiger partial charge in [0.05, 0.1) is 5.69 Å². The first-order valence-corrected chi connectivity index (χ1v) is 17.2. The van der Waals surface area contributed by atoms with Gasteiger partial charge in [-0.05, 0) is 90.8 Å². The van der Waals surface area contributed by atoms with Crippen LogP contribution in [0.15, 0.2) is 37.1 Å². The number of rotatable bonds is 11. The van der Waals surface area contributed by atoms with Crippen molar-refractivity contribution in [3.8, 4) is 22.8 Å². The minimum atomic E-state index is -0.530. The van der Waals surface area contributed by atoms with E-state index in [1.54, 1.807) is 18.6 Å². The lowest BCUT2D eigenvalue weighted by Gasteiger charge is -2.53. The summed E-state index contributed by atoms with van der Waals surface area (Å²) < 4.78 is 26.4. The third-order valence-corrected chi connectivity index (χ3v) is 9.67. The van der Waals surface area contributed by atoms with Crippen molar-refractivity contribution in [2.24, 2.45) is 11.3 Å². The second-order valence-corrected chi connectivity index (χ2v) is 15.9. The smallest absolute Gasteiger partial charge is 0.408 e. The quantitative estimate of drug-likeness (QED) is 0.236. The van der Waals surface area contributed by atoms with Gasteiger partial charge in [0.15, 0.2) is 5.82 Å². The van der Waals surface area contributed by atoms with Gasteiger partial charge in [-0.2, -0.15) is 0 Å². The number of alkyl carbamates (subject to hydrolysis) is 1. The SMILES string of the molecule is CC(C)[C@@H](CCC(C)(C)NC(=O)OC(C)(C)C)N1CC2(CCN(c3ncnnc3Oc3ccc(F)cc3-c3cncnc3C3CC3)C2)C1. The molecule has 1 aromatic carbocycles. The van der Waals surface area contributed by atoms with E-state index in [9.17, 15) is 9.18 Å². The van der Waals surface area contributed by atoms with E-state index in [2.05, 4.69) is 68.0 Å². The molecular weight excluding hydrogens is 611 g/mol. The number of halogens is 1. The molecule has 1 atom stereocenters. The molecule has 2 aliphatic heterocycles. The molecule has 4 heterocycles. The molecule has 11 nitrogen and oxygen atoms in total. The third kappa shape index (κ3) is 7.85. The van der Waals surface area contributed by atoms with Crippen molar-refractivity contribution in [2.75, 3.05) is 31.1 Å². The monoisotopic (exact) mass is 660 g/mol. The molecule has 3 aliphatic rings. The van der Waals surface area contributed by atoms with E-state index in [4.69, 9.17) is 9.47 Å². The van der Waals surface area contributed by atoms with E-state index in [1.807, 2.05) is 20.8 Å². The van der Waals surface area contributed by atoms with Gasteiger partial charge in [-0.1, -0.05) is 13.8 Å². The van der Waals surface area contributed by atoms with Gasteiger partial charge in [0.2, 0.25) is 0 Å². The average Bonchev–Trinajstić information content (AvgIpc) is 3.74. The number of hydrogen-bond acceptors (Lipinski definition) is 10. The van der Waals surface area contributed by atoms with Gasteiger partial charge in [0.25, 0.3) is 5.88 Å². The Hall–Kier alpha value is -3.93. The van der Waals surface area contributed by atoms with Gasteiger partial charge in [0, 0.05) is 66.4 Å². The number of ether oxygens (including phenoxy) is 2. The highest BCUT2D eigenvalue weighted by Crippen LogP contribution is 2.47. The number of nitrogens with one attached hydrogen (secondary N) is 1. The summed E-state index contributed by atoms with van der Waals surface area (Å²) in [5.41, 5.74) is 1.52. The highest BCUT2D eigenvalue weighted by Gasteiger charge is 2.50. The summed E-state index contributed by atoms with van der Waals surface area (Å²) in [6, 6.07) is 4.88. The topological polar surface area (TPSA) is 118 Å². The summed E-state index contributed by atoms with van der Waals surface area (Å²) >= 11 is 0. The predicted octanol–water partition coefficient (Wildman–Crippen LogP) is 6.76.